The predicted octanol–water partition coefficient (Wildman–Crippen LogP) is -0.294. The number of nitrogens with zero attached hydrogens (tertiary/aromatic N) is 1. The van der Waals surface area contributed by atoms with E-state index >= 15 is 0 Å². The summed E-state index contributed by atoms with van der Waals surface area (Å²) in [5, 5.41) is 0. The van der Waals surface area contributed by atoms with Crippen molar-refractivity contribution in [3.63, 3.8) is 0 Å². The predicted molar refractivity (Wildman–Crippen MR) is 62.5 cm³/mol. The molecule has 1 fully saturated rings. The molecule has 1 rings (SSSR count). The summed E-state index contributed by atoms with van der Waals surface area (Å²) in [4.78, 5) is 14.8. The van der Waals surface area contributed by atoms with Gasteiger partial charge in [0, 0.05) is 5.75 Å². The number of amides is 1. The molecule has 0 saturated carbocycles. The fraction of sp³-hybridized carbons (Fsp3) is 0.900. The molecule has 4 nitrogen and oxygen atoms in total. The van der Waals surface area contributed by atoms with Crippen LogP contribution in [0.5, 0.6) is 0 Å². The molecule has 0 bridgehead atoms. The molecule has 0 radical (unpaired) electrons. The summed E-state index contributed by atoms with van der Waals surface area (Å²) in [5.74, 6) is 1.20. The Labute approximate surface area is 95.9 Å². The van der Waals surface area contributed by atoms with Gasteiger partial charge in [0.15, 0.2) is 0 Å². The number of carbonyl (C=O) groups is 1. The van der Waals surface area contributed by atoms with Crippen molar-refractivity contribution in [2.24, 2.45) is 0 Å². The van der Waals surface area contributed by atoms with Gasteiger partial charge < -0.3 is 9.64 Å². The van der Waals surface area contributed by atoms with Crippen LogP contribution in [0.3, 0.4) is 0 Å². The molecule has 0 aromatic rings. The van der Waals surface area contributed by atoms with Gasteiger partial charge in [-0.2, -0.15) is 11.8 Å². The van der Waals surface area contributed by atoms with Crippen molar-refractivity contribution >= 4 is 17.9 Å². The van der Waals surface area contributed by atoms with Crippen molar-refractivity contribution in [2.45, 2.75) is 6.92 Å². The van der Waals surface area contributed by atoms with Crippen LogP contribution in [0.1, 0.15) is 6.92 Å². The third kappa shape index (κ3) is 4.30. The molecular formula is C10H21N2O2S+. The number of quaternary nitrogens is 1. The van der Waals surface area contributed by atoms with E-state index in [-0.39, 0.29) is 6.09 Å². The van der Waals surface area contributed by atoms with Crippen molar-refractivity contribution in [3.05, 3.63) is 0 Å². The Morgan fingerprint density at radius 1 is 1.47 bits per heavy atom. The van der Waals surface area contributed by atoms with E-state index in [0.29, 0.717) is 6.61 Å². The van der Waals surface area contributed by atoms with E-state index in [9.17, 15) is 4.79 Å². The van der Waals surface area contributed by atoms with E-state index in [1.807, 2.05) is 23.6 Å². The molecule has 1 amide bonds. The van der Waals surface area contributed by atoms with Crippen LogP contribution >= 0.6 is 11.8 Å². The zero-order chi connectivity index (χ0) is 11.1. The lowest BCUT2D eigenvalue weighted by molar-refractivity contribution is -0.901. The van der Waals surface area contributed by atoms with Crippen molar-refractivity contribution in [1.82, 2.24) is 4.90 Å². The van der Waals surface area contributed by atoms with E-state index in [1.54, 1.807) is 4.90 Å². The highest BCUT2D eigenvalue weighted by Crippen LogP contribution is 1.94. The number of thioether (sulfide) groups is 1. The number of hydrogen-bond donors (Lipinski definition) is 1. The van der Waals surface area contributed by atoms with Crippen molar-refractivity contribution in [3.8, 4) is 0 Å². The summed E-state index contributed by atoms with van der Waals surface area (Å²) >= 11 is 1.88. The van der Waals surface area contributed by atoms with Crippen LogP contribution in [-0.4, -0.2) is 62.3 Å². The Hall–Kier alpha value is -0.420. The third-order valence-electron chi connectivity index (χ3n) is 2.66. The summed E-state index contributed by atoms with van der Waals surface area (Å²) in [6.07, 6.45) is 1.98. The molecule has 1 aliphatic rings. The van der Waals surface area contributed by atoms with Gasteiger partial charge in [0.1, 0.15) is 0 Å². The van der Waals surface area contributed by atoms with Crippen LogP contribution in [-0.2, 0) is 4.74 Å². The van der Waals surface area contributed by atoms with Crippen LogP contribution in [0.2, 0.25) is 0 Å². The molecule has 0 aromatic heterocycles. The maximum Gasteiger partial charge on any atom is 0.410 e. The van der Waals surface area contributed by atoms with Gasteiger partial charge in [-0.3, -0.25) is 4.90 Å². The summed E-state index contributed by atoms with van der Waals surface area (Å²) in [6.45, 7) is 7.30. The fourth-order valence-electron chi connectivity index (χ4n) is 1.72. The van der Waals surface area contributed by atoms with Crippen LogP contribution in [0.15, 0.2) is 0 Å². The van der Waals surface area contributed by atoms with Crippen molar-refractivity contribution in [2.75, 3.05) is 51.3 Å². The maximum atomic E-state index is 11.4. The molecule has 5 heteroatoms. The highest BCUT2D eigenvalue weighted by molar-refractivity contribution is 7.98. The number of ether oxygens (including phenoxy) is 1. The molecule has 0 spiro atoms. The number of hydrogen-bond acceptors (Lipinski definition) is 3. The van der Waals surface area contributed by atoms with Crippen LogP contribution < -0.4 is 4.90 Å². The molecule has 0 aliphatic carbocycles. The Morgan fingerprint density at radius 2 is 2.13 bits per heavy atom. The fourth-order valence-corrected chi connectivity index (χ4v) is 2.21. The lowest BCUT2D eigenvalue weighted by Gasteiger charge is -2.31. The van der Waals surface area contributed by atoms with Gasteiger partial charge in [-0.15, -0.1) is 0 Å². The third-order valence-corrected chi connectivity index (χ3v) is 3.27. The quantitative estimate of drug-likeness (QED) is 0.724. The molecular weight excluding hydrogens is 212 g/mol. The molecule has 88 valence electrons. The first-order valence-electron chi connectivity index (χ1n) is 5.52. The van der Waals surface area contributed by atoms with E-state index in [2.05, 4.69) is 6.26 Å². The van der Waals surface area contributed by atoms with E-state index in [4.69, 9.17) is 4.74 Å². The van der Waals surface area contributed by atoms with Crippen LogP contribution in [0, 0.1) is 0 Å². The Kier molecular flexibility index (Phi) is 5.86. The smallest absolute Gasteiger partial charge is 0.410 e. The molecule has 1 saturated heterocycles. The van der Waals surface area contributed by atoms with E-state index < -0.39 is 0 Å². The van der Waals surface area contributed by atoms with Gasteiger partial charge in [-0.05, 0) is 13.2 Å². The van der Waals surface area contributed by atoms with Crippen molar-refractivity contribution < 1.29 is 14.4 Å². The molecule has 0 unspecified atom stereocenters. The molecule has 1 aliphatic heterocycles. The number of carbonyl (C=O) groups excluding carboxylic acids is 1. The second-order valence-corrected chi connectivity index (χ2v) is 4.66. The van der Waals surface area contributed by atoms with Gasteiger partial charge in [0.05, 0.1) is 39.3 Å². The maximum absolute atomic E-state index is 11.4. The average Bonchev–Trinajstić information content (AvgIpc) is 2.27. The van der Waals surface area contributed by atoms with Gasteiger partial charge in [-0.25, -0.2) is 4.79 Å². The lowest BCUT2D eigenvalue weighted by Crippen LogP contribution is -3.15. The Balaban J connectivity index is 2.20. The summed E-state index contributed by atoms with van der Waals surface area (Å²) < 4.78 is 4.97. The second kappa shape index (κ2) is 6.95. The highest BCUT2D eigenvalue weighted by Gasteiger charge is 2.23. The first kappa shape index (κ1) is 12.6. The zero-order valence-electron chi connectivity index (χ0n) is 9.62. The highest BCUT2D eigenvalue weighted by atomic mass is 32.2. The molecule has 1 N–H and O–H groups in total. The Morgan fingerprint density at radius 3 is 2.67 bits per heavy atom. The normalized spacial score (nSPS) is 17.9. The minimum absolute atomic E-state index is 0.151. The lowest BCUT2D eigenvalue weighted by atomic mass is 10.3. The van der Waals surface area contributed by atoms with Gasteiger partial charge in [-0.1, -0.05) is 0 Å². The average molecular weight is 233 g/mol. The summed E-state index contributed by atoms with van der Waals surface area (Å²) in [5.41, 5.74) is 0. The van der Waals surface area contributed by atoms with Crippen molar-refractivity contribution in [1.29, 1.82) is 0 Å². The molecule has 0 aromatic carbocycles. The summed E-state index contributed by atoms with van der Waals surface area (Å²) in [6, 6.07) is 0. The van der Waals surface area contributed by atoms with Crippen LogP contribution in [0.4, 0.5) is 4.79 Å². The molecule has 0 atom stereocenters. The first-order valence-corrected chi connectivity index (χ1v) is 6.91. The minimum atomic E-state index is -0.151. The molecule has 15 heavy (non-hydrogen) atoms. The van der Waals surface area contributed by atoms with Gasteiger partial charge in [0.2, 0.25) is 0 Å². The molecule has 1 heterocycles. The number of piperazine rings is 1. The monoisotopic (exact) mass is 233 g/mol. The number of nitrogens with one attached hydrogen (secondary N) is 1. The summed E-state index contributed by atoms with van der Waals surface area (Å²) in [7, 11) is 0. The van der Waals surface area contributed by atoms with Gasteiger partial charge >= 0.3 is 6.09 Å². The van der Waals surface area contributed by atoms with Crippen LogP contribution in [0.25, 0.3) is 0 Å². The topological polar surface area (TPSA) is 34.0 Å². The zero-order valence-corrected chi connectivity index (χ0v) is 10.4. The second-order valence-electron chi connectivity index (χ2n) is 3.68. The standard InChI is InChI=1S/C10H20N2O2S/c1-3-14-10(13)12-6-4-11(5-7-12)8-9-15-2/h3-9H2,1-2H3/p+1. The number of rotatable bonds is 4. The van der Waals surface area contributed by atoms with E-state index in [1.165, 1.54) is 12.3 Å². The minimum Gasteiger partial charge on any atom is -0.450 e. The Bertz CT molecular complexity index is 194. The largest absolute Gasteiger partial charge is 0.450 e. The first-order chi connectivity index (χ1) is 7.27. The van der Waals surface area contributed by atoms with Gasteiger partial charge in [0.25, 0.3) is 0 Å². The SMILES string of the molecule is CCOC(=O)N1CC[NH+](CCSC)CC1. The van der Waals surface area contributed by atoms with E-state index in [0.717, 1.165) is 26.2 Å².